The molecule has 2 heterocycles. The Hall–Kier alpha value is -3.42. The molecule has 7 nitrogen and oxygen atoms in total. The molecule has 0 radical (unpaired) electrons. The van der Waals surface area contributed by atoms with Crippen LogP contribution in [0.15, 0.2) is 54.7 Å². The minimum atomic E-state index is -0.976. The summed E-state index contributed by atoms with van der Waals surface area (Å²) < 4.78 is 17.4. The van der Waals surface area contributed by atoms with E-state index in [9.17, 15) is 5.11 Å². The van der Waals surface area contributed by atoms with Gasteiger partial charge in [-0.05, 0) is 30.7 Å². The molecule has 0 bridgehead atoms. The van der Waals surface area contributed by atoms with E-state index >= 15 is 0 Å². The molecule has 0 spiro atoms. The van der Waals surface area contributed by atoms with Crippen molar-refractivity contribution in [2.45, 2.75) is 19.4 Å². The molecule has 0 aliphatic heterocycles. The molecular formula is C24H24N2O5. The first-order valence-corrected chi connectivity index (χ1v) is 10.1. The maximum absolute atomic E-state index is 9.57. The molecule has 2 aromatic heterocycles. The maximum Gasteiger partial charge on any atom is 0.163 e. The van der Waals surface area contributed by atoms with Gasteiger partial charge in [0.2, 0.25) is 0 Å². The summed E-state index contributed by atoms with van der Waals surface area (Å²) in [4.78, 5) is 9.15. The van der Waals surface area contributed by atoms with E-state index in [0.29, 0.717) is 28.5 Å². The molecule has 4 rings (SSSR count). The van der Waals surface area contributed by atoms with E-state index in [1.54, 1.807) is 24.4 Å². The van der Waals surface area contributed by atoms with Crippen molar-refractivity contribution < 1.29 is 24.4 Å². The van der Waals surface area contributed by atoms with E-state index in [0.717, 1.165) is 28.4 Å². The molecule has 1 atom stereocenters. The number of methoxy groups -OCH3 is 1. The minimum absolute atomic E-state index is 0.0584. The summed E-state index contributed by atoms with van der Waals surface area (Å²) in [5.74, 6) is 2.22. The Morgan fingerprint density at radius 3 is 2.58 bits per heavy atom. The smallest absolute Gasteiger partial charge is 0.163 e. The predicted molar refractivity (Wildman–Crippen MR) is 118 cm³/mol. The van der Waals surface area contributed by atoms with Crippen LogP contribution in [0, 0.1) is 0 Å². The van der Waals surface area contributed by atoms with Crippen LogP contribution in [0.5, 0.6) is 23.0 Å². The fraction of sp³-hybridized carbons (Fsp3) is 0.250. The molecule has 160 valence electrons. The highest BCUT2D eigenvalue weighted by molar-refractivity contribution is 5.88. The van der Waals surface area contributed by atoms with Crippen LogP contribution in [0.3, 0.4) is 0 Å². The lowest BCUT2D eigenvalue weighted by molar-refractivity contribution is 0.0528. The van der Waals surface area contributed by atoms with Gasteiger partial charge in [-0.25, -0.2) is 4.98 Å². The number of aryl methyl sites for hydroxylation is 1. The number of pyridine rings is 2. The van der Waals surface area contributed by atoms with Crippen LogP contribution in [0.25, 0.3) is 21.8 Å². The molecule has 2 aromatic carbocycles. The summed E-state index contributed by atoms with van der Waals surface area (Å²) in [6.45, 7) is 1.60. The third kappa shape index (κ3) is 4.38. The zero-order valence-electron chi connectivity index (χ0n) is 17.4. The fourth-order valence-electron chi connectivity index (χ4n) is 3.32. The summed E-state index contributed by atoms with van der Waals surface area (Å²) in [6, 6.07) is 15.2. The Morgan fingerprint density at radius 2 is 1.81 bits per heavy atom. The number of aromatic nitrogens is 2. The number of fused-ring (bicyclic) bond motifs is 2. The van der Waals surface area contributed by atoms with Crippen LogP contribution < -0.4 is 14.2 Å². The van der Waals surface area contributed by atoms with Gasteiger partial charge in [0.05, 0.1) is 30.4 Å². The number of hydrogen-bond donors (Lipinski definition) is 2. The second kappa shape index (κ2) is 9.16. The van der Waals surface area contributed by atoms with Crippen molar-refractivity contribution in [2.24, 2.45) is 0 Å². The number of nitrogens with zero attached hydrogens (tertiary/aromatic N) is 2. The summed E-state index contributed by atoms with van der Waals surface area (Å²) >= 11 is 0. The standard InChI is InChI=1S/C24H24N2O5/c1-3-18-22(10-15-6-4-5-7-19(15)26-18)31-21-8-9-25-20-12-24(30-14-16(28)13-27)23(29-2)11-17(20)21/h4-12,16,27-28H,3,13-14H2,1-2H3. The van der Waals surface area contributed by atoms with Gasteiger partial charge in [-0.3, -0.25) is 4.98 Å². The first-order chi connectivity index (χ1) is 15.1. The quantitative estimate of drug-likeness (QED) is 0.447. The molecular weight excluding hydrogens is 396 g/mol. The highest BCUT2D eigenvalue weighted by Gasteiger charge is 2.15. The van der Waals surface area contributed by atoms with Crippen molar-refractivity contribution in [3.63, 3.8) is 0 Å². The molecule has 0 saturated carbocycles. The first kappa shape index (κ1) is 20.8. The Kier molecular flexibility index (Phi) is 6.16. The summed E-state index contributed by atoms with van der Waals surface area (Å²) in [5, 5.41) is 20.3. The molecule has 0 aliphatic rings. The van der Waals surface area contributed by atoms with Crippen molar-refractivity contribution in [1.29, 1.82) is 0 Å². The number of ether oxygens (including phenoxy) is 3. The van der Waals surface area contributed by atoms with Crippen molar-refractivity contribution in [3.05, 3.63) is 60.4 Å². The fourth-order valence-corrected chi connectivity index (χ4v) is 3.32. The van der Waals surface area contributed by atoms with E-state index in [4.69, 9.17) is 24.3 Å². The van der Waals surface area contributed by atoms with Crippen LogP contribution >= 0.6 is 0 Å². The zero-order chi connectivity index (χ0) is 21.8. The number of hydrogen-bond acceptors (Lipinski definition) is 7. The topological polar surface area (TPSA) is 93.9 Å². The highest BCUT2D eigenvalue weighted by Crippen LogP contribution is 2.38. The molecule has 1 unspecified atom stereocenters. The average Bonchev–Trinajstić information content (AvgIpc) is 2.81. The minimum Gasteiger partial charge on any atom is -0.493 e. The molecule has 4 aromatic rings. The van der Waals surface area contributed by atoms with Crippen LogP contribution in [0.1, 0.15) is 12.6 Å². The van der Waals surface area contributed by atoms with Crippen LogP contribution in [-0.4, -0.2) is 46.6 Å². The van der Waals surface area contributed by atoms with E-state index in [1.807, 2.05) is 37.3 Å². The highest BCUT2D eigenvalue weighted by atomic mass is 16.5. The first-order valence-electron chi connectivity index (χ1n) is 10.1. The van der Waals surface area contributed by atoms with E-state index in [1.165, 1.54) is 7.11 Å². The number of para-hydroxylation sites is 1. The molecule has 2 N–H and O–H groups in total. The number of aliphatic hydroxyl groups is 2. The van der Waals surface area contributed by atoms with Crippen molar-refractivity contribution in [3.8, 4) is 23.0 Å². The number of aliphatic hydroxyl groups excluding tert-OH is 2. The Labute approximate surface area is 179 Å². The van der Waals surface area contributed by atoms with Crippen molar-refractivity contribution >= 4 is 21.8 Å². The van der Waals surface area contributed by atoms with Crippen LogP contribution in [0.4, 0.5) is 0 Å². The molecule has 0 aliphatic carbocycles. The summed E-state index contributed by atoms with van der Waals surface area (Å²) in [7, 11) is 1.54. The predicted octanol–water partition coefficient (Wildman–Crippen LogP) is 3.88. The van der Waals surface area contributed by atoms with Gasteiger partial charge in [0, 0.05) is 23.0 Å². The summed E-state index contributed by atoms with van der Waals surface area (Å²) in [5.41, 5.74) is 2.45. The molecule has 0 saturated heterocycles. The second-order valence-electron chi connectivity index (χ2n) is 7.06. The lowest BCUT2D eigenvalue weighted by Gasteiger charge is -2.16. The van der Waals surface area contributed by atoms with E-state index in [2.05, 4.69) is 4.98 Å². The molecule has 0 amide bonds. The third-order valence-electron chi connectivity index (χ3n) is 4.95. The number of rotatable bonds is 8. The lowest BCUT2D eigenvalue weighted by Crippen LogP contribution is -2.21. The lowest BCUT2D eigenvalue weighted by atomic mass is 10.1. The molecule has 7 heteroatoms. The molecule has 31 heavy (non-hydrogen) atoms. The van der Waals surface area contributed by atoms with E-state index < -0.39 is 6.10 Å². The average molecular weight is 420 g/mol. The number of benzene rings is 2. The van der Waals surface area contributed by atoms with Gasteiger partial charge in [0.15, 0.2) is 11.5 Å². The molecule has 0 fully saturated rings. The van der Waals surface area contributed by atoms with Crippen LogP contribution in [-0.2, 0) is 6.42 Å². The van der Waals surface area contributed by atoms with E-state index in [-0.39, 0.29) is 13.2 Å². The Bertz CT molecular complexity index is 1210. The van der Waals surface area contributed by atoms with Gasteiger partial charge in [-0.1, -0.05) is 25.1 Å². The Morgan fingerprint density at radius 1 is 0.968 bits per heavy atom. The monoisotopic (exact) mass is 420 g/mol. The zero-order valence-corrected chi connectivity index (χ0v) is 17.4. The SMILES string of the molecule is CCc1nc2ccccc2cc1Oc1ccnc2cc(OCC(O)CO)c(OC)cc12. The Balaban J connectivity index is 1.74. The maximum atomic E-state index is 9.57. The second-order valence-corrected chi connectivity index (χ2v) is 7.06. The van der Waals surface area contributed by atoms with Crippen molar-refractivity contribution in [2.75, 3.05) is 20.3 Å². The van der Waals surface area contributed by atoms with Crippen LogP contribution in [0.2, 0.25) is 0 Å². The van der Waals surface area contributed by atoms with Crippen molar-refractivity contribution in [1.82, 2.24) is 9.97 Å². The van der Waals surface area contributed by atoms with Gasteiger partial charge in [0.25, 0.3) is 0 Å². The third-order valence-corrected chi connectivity index (χ3v) is 4.95. The normalized spacial score (nSPS) is 12.1. The van der Waals surface area contributed by atoms with Gasteiger partial charge in [-0.15, -0.1) is 0 Å². The van der Waals surface area contributed by atoms with Gasteiger partial charge < -0.3 is 24.4 Å². The van der Waals surface area contributed by atoms with Gasteiger partial charge in [0.1, 0.15) is 24.2 Å². The van der Waals surface area contributed by atoms with Gasteiger partial charge in [-0.2, -0.15) is 0 Å². The summed E-state index contributed by atoms with van der Waals surface area (Å²) in [6.07, 6.45) is 1.42. The largest absolute Gasteiger partial charge is 0.493 e. The van der Waals surface area contributed by atoms with Gasteiger partial charge >= 0.3 is 0 Å².